The number of alkyl halides is 3. The zero-order valence-electron chi connectivity index (χ0n) is 11.6. The molecule has 1 amide bonds. The fourth-order valence-corrected chi connectivity index (χ4v) is 2.56. The number of amides is 1. The maximum Gasteiger partial charge on any atom is 0.405 e. The number of rotatable bonds is 3. The van der Waals surface area contributed by atoms with Gasteiger partial charge in [-0.25, -0.2) is 0 Å². The van der Waals surface area contributed by atoms with Gasteiger partial charge in [0.2, 0.25) is 5.91 Å². The number of hydrogen-bond acceptors (Lipinski definition) is 4. The van der Waals surface area contributed by atoms with Gasteiger partial charge in [0.1, 0.15) is 18.1 Å². The van der Waals surface area contributed by atoms with Gasteiger partial charge >= 0.3 is 6.18 Å². The summed E-state index contributed by atoms with van der Waals surface area (Å²) in [6.45, 7) is -0.805. The van der Waals surface area contributed by atoms with Gasteiger partial charge in [-0.15, -0.1) is 0 Å². The molecule has 1 aliphatic rings. The minimum absolute atomic E-state index is 0.269. The summed E-state index contributed by atoms with van der Waals surface area (Å²) in [5, 5.41) is 1.92. The van der Waals surface area contributed by atoms with E-state index in [0.717, 1.165) is 0 Å². The zero-order valence-corrected chi connectivity index (χ0v) is 11.6. The summed E-state index contributed by atoms with van der Waals surface area (Å²) in [5.74, 6) is -0.655. The molecule has 0 spiro atoms. The zero-order chi connectivity index (χ0) is 15.7. The Labute approximate surface area is 124 Å². The molecule has 118 valence electrons. The minimum Gasteiger partial charge on any atom is -0.423 e. The van der Waals surface area contributed by atoms with E-state index < -0.39 is 24.7 Å². The molecule has 1 atom stereocenters. The Morgan fingerprint density at radius 1 is 1.41 bits per heavy atom. The van der Waals surface area contributed by atoms with Crippen LogP contribution in [-0.2, 0) is 4.79 Å². The lowest BCUT2D eigenvalue weighted by Gasteiger charge is -2.22. The van der Waals surface area contributed by atoms with E-state index in [2.05, 4.69) is 4.98 Å². The molecule has 0 bridgehead atoms. The molecule has 0 aliphatic carbocycles. The number of nitrogens with one attached hydrogen (secondary N) is 1. The normalized spacial score (nSPS) is 18.9. The van der Waals surface area contributed by atoms with Crippen molar-refractivity contribution in [3.8, 4) is 0 Å². The van der Waals surface area contributed by atoms with Crippen LogP contribution in [0, 0.1) is 0 Å². The lowest BCUT2D eigenvalue weighted by Crippen LogP contribution is -2.46. The summed E-state index contributed by atoms with van der Waals surface area (Å²) in [6, 6.07) is 6.72. The molecule has 1 aromatic heterocycles. The van der Waals surface area contributed by atoms with Crippen LogP contribution in [0.4, 0.5) is 19.2 Å². The number of hydrogen-bond donors (Lipinski definition) is 1. The van der Waals surface area contributed by atoms with Gasteiger partial charge in [0.15, 0.2) is 5.58 Å². The van der Waals surface area contributed by atoms with Crippen LogP contribution in [0.2, 0.25) is 0 Å². The lowest BCUT2D eigenvalue weighted by atomic mass is 10.2. The van der Waals surface area contributed by atoms with E-state index in [1.165, 1.54) is 0 Å². The highest BCUT2D eigenvalue weighted by Gasteiger charge is 2.36. The summed E-state index contributed by atoms with van der Waals surface area (Å²) >= 11 is 0. The third-order valence-electron chi connectivity index (χ3n) is 3.55. The number of halogens is 3. The third-order valence-corrected chi connectivity index (χ3v) is 3.55. The van der Waals surface area contributed by atoms with Crippen LogP contribution < -0.4 is 10.2 Å². The van der Waals surface area contributed by atoms with Crippen LogP contribution >= 0.6 is 0 Å². The highest BCUT2D eigenvalue weighted by atomic mass is 19.4. The first kappa shape index (κ1) is 14.7. The number of benzene rings is 1. The number of nitrogens with zero attached hydrogens (tertiary/aromatic N) is 2. The monoisotopic (exact) mass is 313 g/mol. The molecule has 2 heterocycles. The van der Waals surface area contributed by atoms with Gasteiger partial charge in [-0.05, 0) is 25.0 Å². The molecule has 3 rings (SSSR count). The standard InChI is InChI=1S/C14H14F3N3O2/c15-14(16,17)8-18-12(21)10-5-3-7-20(10)13-19-9-4-1-2-6-11(9)22-13/h1-2,4,6,10H,3,5,7-8H2,(H,18,21)/t10-/m1/s1. The summed E-state index contributed by atoms with van der Waals surface area (Å²) in [7, 11) is 0. The number of carbonyl (C=O) groups excluding carboxylic acids is 1. The second kappa shape index (κ2) is 5.51. The Morgan fingerprint density at radius 3 is 2.91 bits per heavy atom. The summed E-state index contributed by atoms with van der Waals surface area (Å²) in [6.07, 6.45) is -3.25. The van der Waals surface area contributed by atoms with Crippen molar-refractivity contribution in [1.82, 2.24) is 10.3 Å². The third kappa shape index (κ3) is 3.00. The topological polar surface area (TPSA) is 58.4 Å². The second-order valence-corrected chi connectivity index (χ2v) is 5.15. The van der Waals surface area contributed by atoms with E-state index in [1.54, 1.807) is 23.1 Å². The molecule has 0 radical (unpaired) electrons. The van der Waals surface area contributed by atoms with Gasteiger partial charge in [-0.1, -0.05) is 12.1 Å². The highest BCUT2D eigenvalue weighted by molar-refractivity contribution is 5.85. The Morgan fingerprint density at radius 2 is 2.18 bits per heavy atom. The molecule has 2 aromatic rings. The van der Waals surface area contributed by atoms with Crippen LogP contribution in [0.5, 0.6) is 0 Å². The minimum atomic E-state index is -4.42. The van der Waals surface area contributed by atoms with Gasteiger partial charge in [0.25, 0.3) is 6.01 Å². The molecule has 1 aliphatic heterocycles. The van der Waals surface area contributed by atoms with Crippen LogP contribution in [-0.4, -0.2) is 36.2 Å². The predicted octanol–water partition coefficient (Wildman–Crippen LogP) is 2.48. The number of carbonyl (C=O) groups is 1. The Bertz CT molecular complexity index is 650. The van der Waals surface area contributed by atoms with E-state index >= 15 is 0 Å². The maximum atomic E-state index is 12.2. The molecule has 5 nitrogen and oxygen atoms in total. The molecule has 8 heteroatoms. The molecule has 0 unspecified atom stereocenters. The predicted molar refractivity (Wildman–Crippen MR) is 73.4 cm³/mol. The summed E-state index contributed by atoms with van der Waals surface area (Å²) in [5.41, 5.74) is 1.23. The fraction of sp³-hybridized carbons (Fsp3) is 0.429. The molecule has 1 aromatic carbocycles. The number of aromatic nitrogens is 1. The van der Waals surface area contributed by atoms with Crippen molar-refractivity contribution in [2.24, 2.45) is 0 Å². The average Bonchev–Trinajstić information content (AvgIpc) is 3.09. The van der Waals surface area contributed by atoms with Crippen molar-refractivity contribution in [2.45, 2.75) is 25.1 Å². The van der Waals surface area contributed by atoms with E-state index in [0.29, 0.717) is 30.5 Å². The van der Waals surface area contributed by atoms with Crippen molar-refractivity contribution in [3.05, 3.63) is 24.3 Å². The molecular weight excluding hydrogens is 299 g/mol. The quantitative estimate of drug-likeness (QED) is 0.946. The first-order valence-electron chi connectivity index (χ1n) is 6.91. The SMILES string of the molecule is O=C(NCC(F)(F)F)[C@H]1CCCN1c1nc2ccccc2o1. The van der Waals surface area contributed by atoms with Gasteiger partial charge in [-0.2, -0.15) is 18.2 Å². The smallest absolute Gasteiger partial charge is 0.405 e. The molecule has 0 saturated carbocycles. The van der Waals surface area contributed by atoms with Gasteiger partial charge < -0.3 is 14.6 Å². The van der Waals surface area contributed by atoms with E-state index in [4.69, 9.17) is 4.42 Å². The summed E-state index contributed by atoms with van der Waals surface area (Å²) < 4.78 is 42.2. The first-order valence-corrected chi connectivity index (χ1v) is 6.91. The molecule has 1 fully saturated rings. The van der Waals surface area contributed by atoms with Gasteiger partial charge in [-0.3, -0.25) is 4.79 Å². The van der Waals surface area contributed by atoms with Gasteiger partial charge in [0.05, 0.1) is 0 Å². The van der Waals surface area contributed by atoms with E-state index in [-0.39, 0.29) is 6.01 Å². The first-order chi connectivity index (χ1) is 10.4. The molecule has 1 saturated heterocycles. The number of oxazole rings is 1. The van der Waals surface area contributed by atoms with Crippen LogP contribution in [0.3, 0.4) is 0 Å². The van der Waals surface area contributed by atoms with Crippen molar-refractivity contribution >= 4 is 23.0 Å². The van der Waals surface area contributed by atoms with Crippen molar-refractivity contribution in [3.63, 3.8) is 0 Å². The maximum absolute atomic E-state index is 12.2. The number of anilines is 1. The van der Waals surface area contributed by atoms with E-state index in [1.807, 2.05) is 11.4 Å². The van der Waals surface area contributed by atoms with Crippen molar-refractivity contribution in [1.29, 1.82) is 0 Å². The molecule has 22 heavy (non-hydrogen) atoms. The Hall–Kier alpha value is -2.25. The van der Waals surface area contributed by atoms with Crippen LogP contribution in [0.1, 0.15) is 12.8 Å². The fourth-order valence-electron chi connectivity index (χ4n) is 2.56. The lowest BCUT2D eigenvalue weighted by molar-refractivity contribution is -0.139. The Kier molecular flexibility index (Phi) is 3.67. The highest BCUT2D eigenvalue weighted by Crippen LogP contribution is 2.28. The van der Waals surface area contributed by atoms with Crippen molar-refractivity contribution < 1.29 is 22.4 Å². The molecular formula is C14H14F3N3O2. The Balaban J connectivity index is 1.76. The average molecular weight is 313 g/mol. The van der Waals surface area contributed by atoms with Crippen molar-refractivity contribution in [2.75, 3.05) is 18.0 Å². The number of fused-ring (bicyclic) bond motifs is 1. The summed E-state index contributed by atoms with van der Waals surface area (Å²) in [4.78, 5) is 17.9. The second-order valence-electron chi connectivity index (χ2n) is 5.15. The van der Waals surface area contributed by atoms with Crippen LogP contribution in [0.25, 0.3) is 11.1 Å². The largest absolute Gasteiger partial charge is 0.423 e. The number of para-hydroxylation sites is 2. The van der Waals surface area contributed by atoms with Gasteiger partial charge in [0, 0.05) is 6.54 Å². The van der Waals surface area contributed by atoms with E-state index in [9.17, 15) is 18.0 Å². The molecule has 1 N–H and O–H groups in total. The van der Waals surface area contributed by atoms with Crippen LogP contribution in [0.15, 0.2) is 28.7 Å².